The molecule has 2 N–H and O–H groups in total. The molecule has 0 saturated carbocycles. The normalized spacial score (nSPS) is 24.6. The molecule has 0 unspecified atom stereocenters. The number of ketones is 1. The van der Waals surface area contributed by atoms with Crippen molar-refractivity contribution in [3.63, 3.8) is 0 Å². The lowest BCUT2D eigenvalue weighted by Crippen LogP contribution is -2.48. The molecule has 20 heavy (non-hydrogen) atoms. The number of rotatable bonds is 6. The molecule has 0 bridgehead atoms. The highest BCUT2D eigenvalue weighted by molar-refractivity contribution is 14.1. The van der Waals surface area contributed by atoms with Crippen molar-refractivity contribution in [2.45, 2.75) is 58.0 Å². The molecule has 1 saturated heterocycles. The van der Waals surface area contributed by atoms with Crippen LogP contribution in [0, 0.1) is 5.92 Å². The Balaban J connectivity index is 2.50. The summed E-state index contributed by atoms with van der Waals surface area (Å²) in [6.45, 7) is 8.24. The molecule has 1 aliphatic rings. The van der Waals surface area contributed by atoms with Gasteiger partial charge in [0.05, 0.1) is 9.97 Å². The lowest BCUT2D eigenvalue weighted by Gasteiger charge is -2.35. The van der Waals surface area contributed by atoms with Crippen LogP contribution in [0.3, 0.4) is 0 Å². The number of hydroxylamine groups is 2. The maximum atomic E-state index is 12.4. The largest absolute Gasteiger partial charge is 0.355 e. The van der Waals surface area contributed by atoms with E-state index < -0.39 is 5.54 Å². The smallest absolute Gasteiger partial charge is 0.229 e. The van der Waals surface area contributed by atoms with Gasteiger partial charge in [-0.15, -0.1) is 0 Å². The van der Waals surface area contributed by atoms with E-state index in [0.29, 0.717) is 30.2 Å². The first-order valence-electron chi connectivity index (χ1n) is 6.97. The van der Waals surface area contributed by atoms with Crippen molar-refractivity contribution in [2.75, 3.05) is 11.0 Å². The number of carbonyl (C=O) groups excluding carboxylic acids is 2. The highest BCUT2D eigenvalue weighted by Gasteiger charge is 2.53. The Hall–Kier alpha value is -0.210. The van der Waals surface area contributed by atoms with Gasteiger partial charge in [-0.1, -0.05) is 22.6 Å². The minimum Gasteiger partial charge on any atom is -0.355 e. The number of nitrogens with zero attached hydrogens (tertiary/aromatic N) is 1. The topological polar surface area (TPSA) is 69.6 Å². The summed E-state index contributed by atoms with van der Waals surface area (Å²) >= 11 is 2.01. The maximum absolute atomic E-state index is 12.4. The van der Waals surface area contributed by atoms with Gasteiger partial charge in [0.2, 0.25) is 5.91 Å². The number of alkyl halides is 1. The van der Waals surface area contributed by atoms with E-state index in [2.05, 4.69) is 5.32 Å². The molecule has 1 aliphatic heterocycles. The third-order valence-corrected chi connectivity index (χ3v) is 4.80. The first-order valence-corrected chi connectivity index (χ1v) is 8.50. The summed E-state index contributed by atoms with van der Waals surface area (Å²) in [5, 5.41) is 14.3. The third-order valence-electron chi connectivity index (χ3n) is 4.11. The van der Waals surface area contributed by atoms with Crippen LogP contribution in [0.5, 0.6) is 0 Å². The molecule has 1 fully saturated rings. The van der Waals surface area contributed by atoms with Gasteiger partial charge >= 0.3 is 0 Å². The van der Waals surface area contributed by atoms with Gasteiger partial charge in [-0.25, -0.2) is 0 Å². The summed E-state index contributed by atoms with van der Waals surface area (Å²) in [4.78, 5) is 23.5. The van der Waals surface area contributed by atoms with Crippen molar-refractivity contribution < 1.29 is 14.8 Å². The predicted molar refractivity (Wildman–Crippen MR) is 86.0 cm³/mol. The second-order valence-corrected chi connectivity index (χ2v) is 7.35. The van der Waals surface area contributed by atoms with Gasteiger partial charge in [0.25, 0.3) is 0 Å². The lowest BCUT2D eigenvalue weighted by atomic mass is 9.82. The number of nitrogens with one attached hydrogen (secondary N) is 1. The summed E-state index contributed by atoms with van der Waals surface area (Å²) in [6, 6.07) is 0. The highest BCUT2D eigenvalue weighted by Crippen LogP contribution is 2.44. The first kappa shape index (κ1) is 17.8. The Morgan fingerprint density at radius 2 is 1.95 bits per heavy atom. The molecule has 6 heteroatoms. The second kappa shape index (κ2) is 6.70. The summed E-state index contributed by atoms with van der Waals surface area (Å²) in [5.41, 5.74) is -0.911. The Morgan fingerprint density at radius 3 is 2.40 bits per heavy atom. The van der Waals surface area contributed by atoms with Crippen LogP contribution in [0.2, 0.25) is 0 Å². The Labute approximate surface area is 134 Å². The predicted octanol–water partition coefficient (Wildman–Crippen LogP) is 2.16. The fourth-order valence-electron chi connectivity index (χ4n) is 2.98. The van der Waals surface area contributed by atoms with Crippen LogP contribution in [0.25, 0.3) is 0 Å². The molecule has 1 rings (SSSR count). The second-order valence-electron chi connectivity index (χ2n) is 6.59. The molecule has 0 spiro atoms. The van der Waals surface area contributed by atoms with Crippen molar-refractivity contribution in [2.24, 2.45) is 5.92 Å². The molecule has 1 amide bonds. The zero-order valence-electron chi connectivity index (χ0n) is 12.7. The average Bonchev–Trinajstić information content (AvgIpc) is 2.54. The minimum atomic E-state index is -0.536. The van der Waals surface area contributed by atoms with Crippen LogP contribution in [0.4, 0.5) is 0 Å². The molecule has 1 heterocycles. The van der Waals surface area contributed by atoms with Crippen LogP contribution in [0.1, 0.15) is 47.0 Å². The summed E-state index contributed by atoms with van der Waals surface area (Å²) in [5.74, 6) is 0.00744. The van der Waals surface area contributed by atoms with Gasteiger partial charge in [-0.2, -0.15) is 5.06 Å². The zero-order valence-corrected chi connectivity index (χ0v) is 14.9. The van der Waals surface area contributed by atoms with Crippen LogP contribution >= 0.6 is 22.6 Å². The Kier molecular flexibility index (Phi) is 5.98. The van der Waals surface area contributed by atoms with Gasteiger partial charge in [-0.3, -0.25) is 9.59 Å². The van der Waals surface area contributed by atoms with E-state index >= 15 is 0 Å². The molecule has 0 aromatic heterocycles. The molecule has 0 aliphatic carbocycles. The molecular formula is C14H25IN2O3. The molecule has 5 nitrogen and oxygen atoms in total. The number of amides is 1. The van der Waals surface area contributed by atoms with Crippen LogP contribution in [-0.2, 0) is 9.59 Å². The van der Waals surface area contributed by atoms with Crippen molar-refractivity contribution >= 4 is 34.3 Å². The molecule has 0 aromatic carbocycles. The van der Waals surface area contributed by atoms with Crippen LogP contribution in [-0.4, -0.2) is 44.0 Å². The van der Waals surface area contributed by atoms with E-state index in [1.807, 2.05) is 50.3 Å². The molecule has 0 aromatic rings. The molecule has 1 atom stereocenters. The van der Waals surface area contributed by atoms with E-state index in [1.54, 1.807) is 0 Å². The van der Waals surface area contributed by atoms with E-state index in [-0.39, 0.29) is 23.1 Å². The fourth-order valence-corrected chi connectivity index (χ4v) is 3.25. The average molecular weight is 396 g/mol. The number of hydrogen-bond donors (Lipinski definition) is 2. The SMILES string of the molecule is CC1(C)C[C@H](C(=O)CCCNC(=O)CI)C(C)(C)N1O. The minimum absolute atomic E-state index is 0.00177. The van der Waals surface area contributed by atoms with Gasteiger partial charge < -0.3 is 10.5 Å². The van der Waals surface area contributed by atoms with Crippen molar-refractivity contribution in [3.05, 3.63) is 0 Å². The van der Waals surface area contributed by atoms with Crippen molar-refractivity contribution in [3.8, 4) is 0 Å². The van der Waals surface area contributed by atoms with Gasteiger partial charge in [0, 0.05) is 24.4 Å². The summed E-state index contributed by atoms with van der Waals surface area (Å²) in [7, 11) is 0. The number of Topliss-reactive ketones (excluding diaryl/α,β-unsaturated/α-hetero) is 1. The number of carbonyl (C=O) groups is 2. The van der Waals surface area contributed by atoms with Crippen LogP contribution in [0.15, 0.2) is 0 Å². The van der Waals surface area contributed by atoms with E-state index in [4.69, 9.17) is 0 Å². The zero-order chi connectivity index (χ0) is 15.6. The van der Waals surface area contributed by atoms with Gasteiger partial charge in [0.15, 0.2) is 0 Å². The van der Waals surface area contributed by atoms with Crippen molar-refractivity contribution in [1.29, 1.82) is 0 Å². The maximum Gasteiger partial charge on any atom is 0.229 e. The molecule has 0 radical (unpaired) electrons. The first-order chi connectivity index (χ1) is 9.13. The fraction of sp³-hybridized carbons (Fsp3) is 0.857. The monoisotopic (exact) mass is 396 g/mol. The highest BCUT2D eigenvalue weighted by atomic mass is 127. The van der Waals surface area contributed by atoms with E-state index in [1.165, 1.54) is 5.06 Å². The van der Waals surface area contributed by atoms with Crippen molar-refractivity contribution in [1.82, 2.24) is 10.4 Å². The van der Waals surface area contributed by atoms with E-state index in [0.717, 1.165) is 0 Å². The molecule has 116 valence electrons. The Morgan fingerprint density at radius 1 is 1.35 bits per heavy atom. The van der Waals surface area contributed by atoms with Crippen LogP contribution < -0.4 is 5.32 Å². The third kappa shape index (κ3) is 3.92. The number of halogens is 1. The standard InChI is InChI=1S/C14H25IN2O3/c1-13(2)8-10(14(3,4)17(13)20)11(18)6-5-7-16-12(19)9-15/h10,20H,5-9H2,1-4H3,(H,16,19)/t10-/m1/s1. The number of hydrogen-bond acceptors (Lipinski definition) is 4. The quantitative estimate of drug-likeness (QED) is 0.410. The summed E-state index contributed by atoms with van der Waals surface area (Å²) in [6.07, 6.45) is 1.76. The lowest BCUT2D eigenvalue weighted by molar-refractivity contribution is -0.197. The molecular weight excluding hydrogens is 371 g/mol. The van der Waals surface area contributed by atoms with E-state index in [9.17, 15) is 14.8 Å². The summed E-state index contributed by atoms with van der Waals surface area (Å²) < 4.78 is 0.440. The van der Waals surface area contributed by atoms with Gasteiger partial charge in [0.1, 0.15) is 5.78 Å². The Bertz CT molecular complexity index is 383. The van der Waals surface area contributed by atoms with Gasteiger partial charge in [-0.05, 0) is 40.5 Å².